The summed E-state index contributed by atoms with van der Waals surface area (Å²) in [6.07, 6.45) is 0.410. The third-order valence-corrected chi connectivity index (χ3v) is 4.47. The minimum atomic E-state index is -1.85. The molecule has 0 spiro atoms. The van der Waals surface area contributed by atoms with E-state index in [-0.39, 0.29) is 24.5 Å². The number of anilines is 1. The number of Topliss-reactive ketones (excluding diaryl/α,β-unsaturated/α-hetero) is 1. The fourth-order valence-corrected chi connectivity index (χ4v) is 2.52. The largest absolute Gasteiger partial charge is 0.373 e. The first-order valence-corrected chi connectivity index (χ1v) is 7.49. The van der Waals surface area contributed by atoms with Gasteiger partial charge >= 0.3 is 0 Å². The van der Waals surface area contributed by atoms with Gasteiger partial charge in [-0.15, -0.1) is 0 Å². The Morgan fingerprint density at radius 3 is 2.48 bits per heavy atom. The Labute approximate surface area is 125 Å². The Hall–Kier alpha value is -1.68. The molecule has 0 bridgehead atoms. The lowest BCUT2D eigenvalue weighted by Gasteiger charge is -2.23. The Bertz CT molecular complexity index is 526. The molecule has 1 unspecified atom stereocenters. The van der Waals surface area contributed by atoms with Gasteiger partial charge in [-0.1, -0.05) is 39.0 Å². The monoisotopic (exact) mass is 289 g/mol. The molecule has 1 N–H and O–H groups in total. The molecule has 1 aliphatic rings. The fraction of sp³-hybridized carbons (Fsp3) is 0.529. The highest BCUT2D eigenvalue weighted by Gasteiger charge is 2.51. The van der Waals surface area contributed by atoms with Crippen LogP contribution in [0.5, 0.6) is 0 Å². The van der Waals surface area contributed by atoms with Crippen LogP contribution in [0, 0.1) is 11.8 Å². The van der Waals surface area contributed by atoms with Crippen LogP contribution in [0.25, 0.3) is 0 Å². The van der Waals surface area contributed by atoms with E-state index in [0.29, 0.717) is 12.5 Å². The fourth-order valence-electron chi connectivity index (χ4n) is 2.52. The van der Waals surface area contributed by atoms with E-state index in [9.17, 15) is 14.7 Å². The average Bonchev–Trinajstić information content (AvgIpc) is 2.77. The molecule has 1 amide bonds. The molecule has 1 fully saturated rings. The number of carbonyl (C=O) groups is 2. The quantitative estimate of drug-likeness (QED) is 0.847. The topological polar surface area (TPSA) is 57.6 Å². The van der Waals surface area contributed by atoms with Crippen LogP contribution >= 0.6 is 0 Å². The molecule has 2 rings (SSSR count). The van der Waals surface area contributed by atoms with Gasteiger partial charge in [-0.05, 0) is 24.0 Å². The van der Waals surface area contributed by atoms with Gasteiger partial charge in [0, 0.05) is 25.1 Å². The number of ketones is 1. The first kappa shape index (κ1) is 15.7. The lowest BCUT2D eigenvalue weighted by atomic mass is 9.85. The number of amides is 1. The van der Waals surface area contributed by atoms with Gasteiger partial charge in [0.05, 0.1) is 0 Å². The highest BCUT2D eigenvalue weighted by atomic mass is 16.3. The zero-order valence-electron chi connectivity index (χ0n) is 12.9. The summed E-state index contributed by atoms with van der Waals surface area (Å²) in [4.78, 5) is 26.3. The summed E-state index contributed by atoms with van der Waals surface area (Å²) in [5, 5.41) is 10.5. The van der Waals surface area contributed by atoms with Gasteiger partial charge in [0.25, 0.3) is 5.91 Å². The van der Waals surface area contributed by atoms with Gasteiger partial charge in [0.1, 0.15) is 0 Å². The molecule has 0 aromatic heterocycles. The predicted molar refractivity (Wildman–Crippen MR) is 82.0 cm³/mol. The number of hydrogen-bond donors (Lipinski definition) is 1. The van der Waals surface area contributed by atoms with Gasteiger partial charge in [0.15, 0.2) is 5.78 Å². The van der Waals surface area contributed by atoms with Crippen LogP contribution in [0.2, 0.25) is 0 Å². The summed E-state index contributed by atoms with van der Waals surface area (Å²) >= 11 is 0. The molecule has 0 radical (unpaired) electrons. The second-order valence-corrected chi connectivity index (χ2v) is 6.25. The summed E-state index contributed by atoms with van der Waals surface area (Å²) in [6, 6.07) is 9.16. The van der Waals surface area contributed by atoms with Crippen molar-refractivity contribution in [1.29, 1.82) is 0 Å². The van der Waals surface area contributed by atoms with Crippen molar-refractivity contribution in [3.05, 3.63) is 30.3 Å². The normalized spacial score (nSPS) is 23.7. The van der Waals surface area contributed by atoms with Gasteiger partial charge in [-0.2, -0.15) is 0 Å². The summed E-state index contributed by atoms with van der Waals surface area (Å²) in [5.74, 6) is -0.346. The molecule has 4 nitrogen and oxygen atoms in total. The lowest BCUT2D eigenvalue weighted by Crippen LogP contribution is -2.47. The van der Waals surface area contributed by atoms with Gasteiger partial charge in [-0.25, -0.2) is 0 Å². The van der Waals surface area contributed by atoms with E-state index in [2.05, 4.69) is 0 Å². The van der Waals surface area contributed by atoms with E-state index in [4.69, 9.17) is 0 Å². The van der Waals surface area contributed by atoms with Crippen molar-refractivity contribution in [3.8, 4) is 0 Å². The van der Waals surface area contributed by atoms with Crippen molar-refractivity contribution in [2.75, 3.05) is 11.4 Å². The number of carbonyl (C=O) groups excluding carboxylic acids is 2. The summed E-state index contributed by atoms with van der Waals surface area (Å²) in [6.45, 7) is 6.42. The summed E-state index contributed by atoms with van der Waals surface area (Å²) in [5.41, 5.74) is -1.12. The van der Waals surface area contributed by atoms with Crippen LogP contribution in [-0.2, 0) is 9.59 Å². The maximum atomic E-state index is 12.5. The van der Waals surface area contributed by atoms with Crippen molar-refractivity contribution >= 4 is 17.4 Å². The van der Waals surface area contributed by atoms with Gasteiger partial charge < -0.3 is 10.0 Å². The van der Waals surface area contributed by atoms with Crippen LogP contribution in [0.15, 0.2) is 30.3 Å². The van der Waals surface area contributed by atoms with Crippen LogP contribution in [0.3, 0.4) is 0 Å². The highest BCUT2D eigenvalue weighted by molar-refractivity contribution is 6.17. The Balaban J connectivity index is 2.14. The maximum absolute atomic E-state index is 12.5. The number of para-hydroxylation sites is 1. The van der Waals surface area contributed by atoms with Crippen molar-refractivity contribution in [1.82, 2.24) is 0 Å². The van der Waals surface area contributed by atoms with Crippen molar-refractivity contribution in [2.45, 2.75) is 39.2 Å². The number of nitrogens with zero attached hydrogens (tertiary/aromatic N) is 1. The van der Waals surface area contributed by atoms with Crippen molar-refractivity contribution < 1.29 is 14.7 Å². The molecule has 1 aromatic rings. The molecule has 4 heteroatoms. The van der Waals surface area contributed by atoms with E-state index in [1.807, 2.05) is 51.1 Å². The summed E-state index contributed by atoms with van der Waals surface area (Å²) < 4.78 is 0. The highest BCUT2D eigenvalue weighted by Crippen LogP contribution is 2.31. The number of benzene rings is 1. The molecule has 114 valence electrons. The molecule has 1 aromatic carbocycles. The lowest BCUT2D eigenvalue weighted by molar-refractivity contribution is -0.148. The van der Waals surface area contributed by atoms with E-state index < -0.39 is 11.5 Å². The zero-order chi connectivity index (χ0) is 15.6. The van der Waals surface area contributed by atoms with Gasteiger partial charge in [0.2, 0.25) is 5.60 Å². The van der Waals surface area contributed by atoms with E-state index in [1.165, 1.54) is 4.90 Å². The first-order valence-electron chi connectivity index (χ1n) is 7.49. The molecule has 1 aliphatic heterocycles. The zero-order valence-corrected chi connectivity index (χ0v) is 12.9. The second-order valence-electron chi connectivity index (χ2n) is 6.25. The molecule has 2 atom stereocenters. The van der Waals surface area contributed by atoms with E-state index >= 15 is 0 Å². The molecule has 0 saturated carbocycles. The third-order valence-electron chi connectivity index (χ3n) is 4.47. The standard InChI is InChI=1S/C17H23NO3/c1-12(2)13(3)11-15(19)17(21)9-10-18(16(17)20)14-7-5-4-6-8-14/h4-8,12-13,21H,9-11H2,1-3H3/t13?,17-/m0/s1. The van der Waals surface area contributed by atoms with Crippen LogP contribution in [0.4, 0.5) is 5.69 Å². The van der Waals surface area contributed by atoms with Crippen LogP contribution in [-0.4, -0.2) is 28.9 Å². The molecular weight excluding hydrogens is 266 g/mol. The maximum Gasteiger partial charge on any atom is 0.266 e. The SMILES string of the molecule is CC(C)C(C)CC(=O)[C@@]1(O)CCN(c2ccccc2)C1=O. The minimum Gasteiger partial charge on any atom is -0.373 e. The van der Waals surface area contributed by atoms with Crippen molar-refractivity contribution in [3.63, 3.8) is 0 Å². The van der Waals surface area contributed by atoms with E-state index in [1.54, 1.807) is 0 Å². The molecule has 1 saturated heterocycles. The minimum absolute atomic E-state index is 0.153. The van der Waals surface area contributed by atoms with E-state index in [0.717, 1.165) is 5.69 Å². The van der Waals surface area contributed by atoms with Crippen LogP contribution < -0.4 is 4.90 Å². The molecule has 21 heavy (non-hydrogen) atoms. The number of rotatable bonds is 5. The average molecular weight is 289 g/mol. The first-order chi connectivity index (χ1) is 9.86. The number of aliphatic hydroxyl groups is 1. The van der Waals surface area contributed by atoms with Crippen molar-refractivity contribution in [2.24, 2.45) is 11.8 Å². The molecule has 1 heterocycles. The third kappa shape index (κ3) is 3.00. The Kier molecular flexibility index (Phi) is 4.47. The smallest absolute Gasteiger partial charge is 0.266 e. The van der Waals surface area contributed by atoms with Crippen LogP contribution in [0.1, 0.15) is 33.6 Å². The molecule has 0 aliphatic carbocycles. The second kappa shape index (κ2) is 5.98. The Morgan fingerprint density at radius 2 is 1.90 bits per heavy atom. The predicted octanol–water partition coefficient (Wildman–Crippen LogP) is 2.41. The Morgan fingerprint density at radius 1 is 1.29 bits per heavy atom. The number of hydrogen-bond acceptors (Lipinski definition) is 3. The van der Waals surface area contributed by atoms with Gasteiger partial charge in [-0.3, -0.25) is 9.59 Å². The summed E-state index contributed by atoms with van der Waals surface area (Å²) in [7, 11) is 0. The molecular formula is C17H23NO3.